The normalized spacial score (nSPS) is 13.1. The second kappa shape index (κ2) is 8.08. The molecule has 1 aromatic carbocycles. The summed E-state index contributed by atoms with van der Waals surface area (Å²) < 4.78 is 4.95. The highest BCUT2D eigenvalue weighted by Crippen LogP contribution is 2.14. The van der Waals surface area contributed by atoms with Crippen molar-refractivity contribution in [1.82, 2.24) is 5.32 Å². The molecular formula is C14H18N2O4. The zero-order valence-electron chi connectivity index (χ0n) is 11.0. The Balaban J connectivity index is 2.87. The molecule has 108 valence electrons. The maximum atomic E-state index is 12.0. The lowest BCUT2D eigenvalue weighted by Crippen LogP contribution is -2.46. The minimum Gasteiger partial charge on any atom is -0.460 e. The summed E-state index contributed by atoms with van der Waals surface area (Å²) in [5.41, 5.74) is 5.98. The third-order valence-electron chi connectivity index (χ3n) is 2.53. The van der Waals surface area contributed by atoms with Crippen LogP contribution in [-0.2, 0) is 14.3 Å². The summed E-state index contributed by atoms with van der Waals surface area (Å²) in [5, 5.41) is 11.3. The van der Waals surface area contributed by atoms with Gasteiger partial charge in [0.05, 0.1) is 6.61 Å². The van der Waals surface area contributed by atoms with E-state index in [0.717, 1.165) is 0 Å². The van der Waals surface area contributed by atoms with E-state index in [0.29, 0.717) is 5.56 Å². The van der Waals surface area contributed by atoms with Gasteiger partial charge in [0.2, 0.25) is 5.91 Å². The maximum absolute atomic E-state index is 12.0. The Morgan fingerprint density at radius 1 is 1.40 bits per heavy atom. The molecular weight excluding hydrogens is 260 g/mol. The van der Waals surface area contributed by atoms with Gasteiger partial charge >= 0.3 is 5.97 Å². The van der Waals surface area contributed by atoms with Gasteiger partial charge in [-0.1, -0.05) is 43.0 Å². The van der Waals surface area contributed by atoms with Gasteiger partial charge in [0.15, 0.2) is 6.04 Å². The molecule has 1 amide bonds. The number of carbonyl (C=O) groups is 2. The Hall–Kier alpha value is -2.18. The molecule has 0 aliphatic heterocycles. The van der Waals surface area contributed by atoms with Crippen LogP contribution in [0.2, 0.25) is 0 Å². The molecule has 4 N–H and O–H groups in total. The molecule has 1 rings (SSSR count). The van der Waals surface area contributed by atoms with Crippen LogP contribution < -0.4 is 11.1 Å². The fourth-order valence-electron chi connectivity index (χ4n) is 1.48. The zero-order chi connectivity index (χ0) is 15.0. The van der Waals surface area contributed by atoms with Crippen LogP contribution in [0, 0.1) is 0 Å². The van der Waals surface area contributed by atoms with Gasteiger partial charge < -0.3 is 20.9 Å². The Morgan fingerprint density at radius 2 is 2.05 bits per heavy atom. The molecule has 0 aliphatic rings. The molecule has 0 aliphatic carbocycles. The second-order valence-electron chi connectivity index (χ2n) is 4.06. The Kier molecular flexibility index (Phi) is 6.42. The molecule has 0 radical (unpaired) electrons. The van der Waals surface area contributed by atoms with Crippen molar-refractivity contribution in [3.63, 3.8) is 0 Å². The average molecular weight is 278 g/mol. The highest BCUT2D eigenvalue weighted by atomic mass is 16.5. The van der Waals surface area contributed by atoms with Crippen LogP contribution in [0.5, 0.6) is 0 Å². The van der Waals surface area contributed by atoms with Crippen LogP contribution in [0.1, 0.15) is 11.6 Å². The lowest BCUT2D eigenvalue weighted by atomic mass is 10.1. The number of nitrogens with one attached hydrogen (secondary N) is 1. The number of carbonyl (C=O) groups excluding carboxylic acids is 2. The largest absolute Gasteiger partial charge is 0.460 e. The Labute approximate surface area is 117 Å². The quantitative estimate of drug-likeness (QED) is 0.477. The summed E-state index contributed by atoms with van der Waals surface area (Å²) in [5.74, 6) is -1.24. The van der Waals surface area contributed by atoms with Crippen molar-refractivity contribution in [2.75, 3.05) is 13.2 Å². The number of ether oxygens (including phenoxy) is 1. The first-order valence-corrected chi connectivity index (χ1v) is 6.09. The van der Waals surface area contributed by atoms with Crippen LogP contribution in [0.4, 0.5) is 0 Å². The fraction of sp³-hybridized carbons (Fsp3) is 0.286. The van der Waals surface area contributed by atoms with E-state index in [9.17, 15) is 9.59 Å². The number of aliphatic hydroxyl groups excluding tert-OH is 1. The summed E-state index contributed by atoms with van der Waals surface area (Å²) >= 11 is 0. The number of hydrogen-bond acceptors (Lipinski definition) is 5. The first kappa shape index (κ1) is 15.9. The molecule has 2 atom stereocenters. The Bertz CT molecular complexity index is 462. The first-order chi connectivity index (χ1) is 9.60. The van der Waals surface area contributed by atoms with Gasteiger partial charge in [-0.2, -0.15) is 0 Å². The number of rotatable bonds is 7. The van der Waals surface area contributed by atoms with E-state index in [4.69, 9.17) is 15.6 Å². The highest BCUT2D eigenvalue weighted by Gasteiger charge is 2.26. The SMILES string of the molecule is C=CCOC(=O)[C@@H](NC(=O)[C@@H](N)CO)c1ccccc1. The van der Waals surface area contributed by atoms with Crippen molar-refractivity contribution in [2.24, 2.45) is 5.73 Å². The van der Waals surface area contributed by atoms with Crippen LogP contribution in [0.25, 0.3) is 0 Å². The van der Waals surface area contributed by atoms with E-state index in [1.165, 1.54) is 6.08 Å². The van der Waals surface area contributed by atoms with E-state index in [-0.39, 0.29) is 6.61 Å². The van der Waals surface area contributed by atoms with Crippen molar-refractivity contribution in [2.45, 2.75) is 12.1 Å². The predicted octanol–water partition coefficient (Wildman–Crippen LogP) is -0.107. The van der Waals surface area contributed by atoms with Crippen LogP contribution in [-0.4, -0.2) is 36.2 Å². The molecule has 0 saturated heterocycles. The third-order valence-corrected chi connectivity index (χ3v) is 2.53. The molecule has 0 aromatic heterocycles. The monoisotopic (exact) mass is 278 g/mol. The van der Waals surface area contributed by atoms with Crippen molar-refractivity contribution in [3.05, 3.63) is 48.6 Å². The van der Waals surface area contributed by atoms with E-state index in [1.54, 1.807) is 30.3 Å². The smallest absolute Gasteiger partial charge is 0.333 e. The van der Waals surface area contributed by atoms with Crippen LogP contribution >= 0.6 is 0 Å². The summed E-state index contributed by atoms with van der Waals surface area (Å²) in [6.07, 6.45) is 1.43. The summed E-state index contributed by atoms with van der Waals surface area (Å²) in [6, 6.07) is 6.57. The minimum atomic E-state index is -1.09. The van der Waals surface area contributed by atoms with Crippen molar-refractivity contribution in [3.8, 4) is 0 Å². The van der Waals surface area contributed by atoms with E-state index in [1.807, 2.05) is 0 Å². The third kappa shape index (κ3) is 4.49. The molecule has 0 heterocycles. The number of benzene rings is 1. The van der Waals surface area contributed by atoms with E-state index >= 15 is 0 Å². The van der Waals surface area contributed by atoms with Crippen LogP contribution in [0.3, 0.4) is 0 Å². The number of amides is 1. The highest BCUT2D eigenvalue weighted by molar-refractivity contribution is 5.88. The summed E-state index contributed by atoms with van der Waals surface area (Å²) in [6.45, 7) is 2.99. The first-order valence-electron chi connectivity index (χ1n) is 6.09. The Morgan fingerprint density at radius 3 is 2.60 bits per heavy atom. The molecule has 0 saturated carbocycles. The van der Waals surface area contributed by atoms with Gasteiger partial charge in [-0.25, -0.2) is 4.79 Å². The number of aliphatic hydroxyl groups is 1. The van der Waals surface area contributed by atoms with Gasteiger partial charge in [-0.05, 0) is 5.56 Å². The van der Waals surface area contributed by atoms with Crippen molar-refractivity contribution < 1.29 is 19.4 Å². The van der Waals surface area contributed by atoms with Crippen molar-refractivity contribution >= 4 is 11.9 Å². The number of hydrogen-bond donors (Lipinski definition) is 3. The minimum absolute atomic E-state index is 0.0457. The summed E-state index contributed by atoms with van der Waals surface area (Å²) in [4.78, 5) is 23.7. The number of esters is 1. The molecule has 20 heavy (non-hydrogen) atoms. The molecule has 0 unspecified atom stereocenters. The van der Waals surface area contributed by atoms with Gasteiger partial charge in [-0.3, -0.25) is 4.79 Å². The zero-order valence-corrected chi connectivity index (χ0v) is 11.0. The molecule has 0 fully saturated rings. The van der Waals surface area contributed by atoms with Gasteiger partial charge in [-0.15, -0.1) is 0 Å². The summed E-state index contributed by atoms with van der Waals surface area (Å²) in [7, 11) is 0. The molecule has 0 bridgehead atoms. The van der Waals surface area contributed by atoms with Gasteiger partial charge in [0.25, 0.3) is 0 Å². The standard InChI is InChI=1S/C14H18N2O4/c1-2-8-20-14(19)12(10-6-4-3-5-7-10)16-13(18)11(15)9-17/h2-7,11-12,17H,1,8-9,15H2,(H,16,18)/t11-,12-/m0/s1. The number of nitrogens with two attached hydrogens (primary N) is 1. The second-order valence-corrected chi connectivity index (χ2v) is 4.06. The fourth-order valence-corrected chi connectivity index (χ4v) is 1.48. The molecule has 6 heteroatoms. The topological polar surface area (TPSA) is 102 Å². The van der Waals surface area contributed by atoms with E-state index in [2.05, 4.69) is 11.9 Å². The maximum Gasteiger partial charge on any atom is 0.333 e. The lowest BCUT2D eigenvalue weighted by molar-refractivity contribution is -0.147. The lowest BCUT2D eigenvalue weighted by Gasteiger charge is -2.19. The average Bonchev–Trinajstić information content (AvgIpc) is 2.49. The molecule has 6 nitrogen and oxygen atoms in total. The van der Waals surface area contributed by atoms with Gasteiger partial charge in [0, 0.05) is 0 Å². The molecule has 0 spiro atoms. The van der Waals surface area contributed by atoms with Crippen LogP contribution in [0.15, 0.2) is 43.0 Å². The van der Waals surface area contributed by atoms with E-state index < -0.39 is 30.6 Å². The predicted molar refractivity (Wildman–Crippen MR) is 73.5 cm³/mol. The van der Waals surface area contributed by atoms with Gasteiger partial charge in [0.1, 0.15) is 12.6 Å². The molecule has 1 aromatic rings. The van der Waals surface area contributed by atoms with Crippen molar-refractivity contribution in [1.29, 1.82) is 0 Å².